The number of anilines is 2. The van der Waals surface area contributed by atoms with Crippen LogP contribution in [-0.2, 0) is 0 Å². The Morgan fingerprint density at radius 2 is 0.789 bits per heavy atom. The van der Waals surface area contributed by atoms with Gasteiger partial charge in [-0.1, -0.05) is 24.3 Å². The fraction of sp³-hybridized carbons (Fsp3) is 0.250. The summed E-state index contributed by atoms with van der Waals surface area (Å²) in [6, 6.07) is 24.4. The van der Waals surface area contributed by atoms with Gasteiger partial charge in [-0.05, 0) is 87.4 Å². The average Bonchev–Trinajstić information content (AvgIpc) is 3.63. The van der Waals surface area contributed by atoms with Crippen molar-refractivity contribution in [3.63, 3.8) is 0 Å². The molecule has 0 spiro atoms. The fourth-order valence-corrected chi connectivity index (χ4v) is 5.21. The molecule has 0 fully saturated rings. The average molecular weight is 507 g/mol. The third kappa shape index (κ3) is 4.47. The highest BCUT2D eigenvalue weighted by Crippen LogP contribution is 2.32. The SMILES string of the molecule is CCN(CC)c1ccc(-c2ccc(-c3c(-c4ccc(-c5ccc(N(CC)CC)cc5)[nH]4)c(=O)c3=O)[nH]2)cc1. The molecule has 2 heterocycles. The quantitative estimate of drug-likeness (QED) is 0.218. The van der Waals surface area contributed by atoms with Crippen LogP contribution in [0.4, 0.5) is 11.4 Å². The summed E-state index contributed by atoms with van der Waals surface area (Å²) in [6.45, 7) is 12.4. The van der Waals surface area contributed by atoms with Crippen LogP contribution < -0.4 is 20.7 Å². The molecule has 0 aliphatic heterocycles. The Morgan fingerprint density at radius 3 is 1.11 bits per heavy atom. The Bertz CT molecular complexity index is 1470. The maximum absolute atomic E-state index is 12.7. The number of H-pyrrole nitrogens is 2. The highest BCUT2D eigenvalue weighted by Gasteiger charge is 2.26. The summed E-state index contributed by atoms with van der Waals surface area (Å²) in [7, 11) is 0. The molecule has 6 nitrogen and oxygen atoms in total. The molecule has 0 amide bonds. The molecule has 38 heavy (non-hydrogen) atoms. The molecule has 0 aliphatic rings. The van der Waals surface area contributed by atoms with Crippen LogP contribution in [0.5, 0.6) is 0 Å². The van der Waals surface area contributed by atoms with Gasteiger partial charge in [0, 0.05) is 48.9 Å². The second-order valence-electron chi connectivity index (χ2n) is 9.42. The Kier molecular flexibility index (Phi) is 7.05. The molecular formula is C32H34N4O2. The van der Waals surface area contributed by atoms with Crippen molar-refractivity contribution in [2.24, 2.45) is 0 Å². The molecule has 5 aromatic rings. The van der Waals surface area contributed by atoms with Crippen LogP contribution in [0, 0.1) is 0 Å². The first-order valence-electron chi connectivity index (χ1n) is 13.4. The summed E-state index contributed by atoms with van der Waals surface area (Å²) < 4.78 is 0. The smallest absolute Gasteiger partial charge is 0.236 e. The van der Waals surface area contributed by atoms with Gasteiger partial charge in [-0.2, -0.15) is 0 Å². The van der Waals surface area contributed by atoms with Gasteiger partial charge in [0.1, 0.15) is 0 Å². The number of aromatic nitrogens is 2. The first kappa shape index (κ1) is 25.3. The number of hydrogen-bond acceptors (Lipinski definition) is 4. The predicted octanol–water partition coefficient (Wildman–Crippen LogP) is 6.30. The van der Waals surface area contributed by atoms with Crippen molar-refractivity contribution in [2.45, 2.75) is 27.7 Å². The van der Waals surface area contributed by atoms with Crippen molar-refractivity contribution in [3.05, 3.63) is 93.2 Å². The van der Waals surface area contributed by atoms with Gasteiger partial charge in [0.15, 0.2) is 0 Å². The monoisotopic (exact) mass is 506 g/mol. The maximum Gasteiger partial charge on any atom is 0.236 e. The minimum atomic E-state index is -0.454. The molecule has 0 saturated carbocycles. The first-order valence-corrected chi connectivity index (χ1v) is 13.4. The van der Waals surface area contributed by atoms with Gasteiger partial charge in [0.2, 0.25) is 10.9 Å². The molecule has 0 atom stereocenters. The van der Waals surface area contributed by atoms with Crippen molar-refractivity contribution in [1.29, 1.82) is 0 Å². The number of aromatic amines is 2. The lowest BCUT2D eigenvalue weighted by Gasteiger charge is -2.21. The van der Waals surface area contributed by atoms with E-state index in [0.717, 1.165) is 48.7 Å². The van der Waals surface area contributed by atoms with Crippen LogP contribution in [0.25, 0.3) is 45.0 Å². The zero-order valence-corrected chi connectivity index (χ0v) is 22.5. The number of nitrogens with one attached hydrogen (secondary N) is 2. The van der Waals surface area contributed by atoms with E-state index in [4.69, 9.17) is 0 Å². The Balaban J connectivity index is 1.41. The zero-order valence-electron chi connectivity index (χ0n) is 22.5. The van der Waals surface area contributed by atoms with Crippen LogP contribution in [-0.4, -0.2) is 36.1 Å². The standard InChI is InChI=1S/C32H34N4O2/c1-5-35(6-2)23-13-9-21(10-14-23)25-17-19-27(33-25)29-30(32(38)31(29)37)28-20-18-26(34-28)22-11-15-24(16-12-22)36(7-3)8-4/h9-20,33-34H,5-8H2,1-4H3. The Hall–Kier alpha value is -4.32. The van der Waals surface area contributed by atoms with E-state index in [2.05, 4.69) is 96.0 Å². The number of nitrogens with zero attached hydrogens (tertiary/aromatic N) is 2. The van der Waals surface area contributed by atoms with Crippen LogP contribution in [0.2, 0.25) is 0 Å². The largest absolute Gasteiger partial charge is 0.372 e. The van der Waals surface area contributed by atoms with Gasteiger partial charge < -0.3 is 19.8 Å². The summed E-state index contributed by atoms with van der Waals surface area (Å²) in [5.74, 6) is 0. The summed E-state index contributed by atoms with van der Waals surface area (Å²) in [6.07, 6.45) is 0. The molecule has 0 unspecified atom stereocenters. The highest BCUT2D eigenvalue weighted by molar-refractivity contribution is 5.86. The number of hydrogen-bond donors (Lipinski definition) is 2. The maximum atomic E-state index is 12.7. The zero-order chi connectivity index (χ0) is 26.8. The Labute approximate surface area is 223 Å². The van der Waals surface area contributed by atoms with E-state index in [0.29, 0.717) is 22.5 Å². The van der Waals surface area contributed by atoms with Crippen LogP contribution in [0.15, 0.2) is 82.4 Å². The molecule has 6 heteroatoms. The van der Waals surface area contributed by atoms with Gasteiger partial charge in [0.25, 0.3) is 0 Å². The highest BCUT2D eigenvalue weighted by atomic mass is 16.2. The van der Waals surface area contributed by atoms with E-state index in [9.17, 15) is 9.59 Å². The van der Waals surface area contributed by atoms with Gasteiger partial charge >= 0.3 is 0 Å². The van der Waals surface area contributed by atoms with Gasteiger partial charge in [-0.15, -0.1) is 0 Å². The third-order valence-corrected chi connectivity index (χ3v) is 7.43. The molecular weight excluding hydrogens is 472 g/mol. The van der Waals surface area contributed by atoms with Gasteiger partial charge in [-0.3, -0.25) is 9.59 Å². The van der Waals surface area contributed by atoms with Crippen molar-refractivity contribution in [1.82, 2.24) is 9.97 Å². The second kappa shape index (κ2) is 10.6. The number of rotatable bonds is 10. The van der Waals surface area contributed by atoms with E-state index in [1.807, 2.05) is 24.3 Å². The topological polar surface area (TPSA) is 72.2 Å². The first-order chi connectivity index (χ1) is 18.5. The third-order valence-electron chi connectivity index (χ3n) is 7.43. The molecule has 0 bridgehead atoms. The van der Waals surface area contributed by atoms with E-state index < -0.39 is 10.9 Å². The molecule has 2 N–H and O–H groups in total. The lowest BCUT2D eigenvalue weighted by atomic mass is 9.96. The molecule has 0 radical (unpaired) electrons. The molecule has 3 aromatic carbocycles. The van der Waals surface area contributed by atoms with E-state index >= 15 is 0 Å². The summed E-state index contributed by atoms with van der Waals surface area (Å²) in [4.78, 5) is 36.6. The molecule has 0 aliphatic carbocycles. The summed E-state index contributed by atoms with van der Waals surface area (Å²) in [5, 5.41) is 0. The summed E-state index contributed by atoms with van der Waals surface area (Å²) in [5.41, 5.74) is 7.52. The van der Waals surface area contributed by atoms with E-state index in [1.54, 1.807) is 0 Å². The molecule has 0 saturated heterocycles. The van der Waals surface area contributed by atoms with Crippen molar-refractivity contribution in [2.75, 3.05) is 36.0 Å². The second-order valence-corrected chi connectivity index (χ2v) is 9.42. The predicted molar refractivity (Wildman–Crippen MR) is 159 cm³/mol. The van der Waals surface area contributed by atoms with E-state index in [1.165, 1.54) is 11.4 Å². The Morgan fingerprint density at radius 1 is 0.474 bits per heavy atom. The van der Waals surface area contributed by atoms with Crippen molar-refractivity contribution in [3.8, 4) is 45.0 Å². The number of benzene rings is 2. The minimum Gasteiger partial charge on any atom is -0.372 e. The molecule has 5 rings (SSSR count). The van der Waals surface area contributed by atoms with Crippen molar-refractivity contribution < 1.29 is 0 Å². The normalized spacial score (nSPS) is 11.3. The van der Waals surface area contributed by atoms with Crippen LogP contribution >= 0.6 is 0 Å². The van der Waals surface area contributed by atoms with Crippen molar-refractivity contribution >= 4 is 11.4 Å². The molecule has 194 valence electrons. The lowest BCUT2D eigenvalue weighted by molar-refractivity contribution is 0.866. The molecule has 2 aromatic heterocycles. The summed E-state index contributed by atoms with van der Waals surface area (Å²) >= 11 is 0. The van der Waals surface area contributed by atoms with Crippen LogP contribution in [0.3, 0.4) is 0 Å². The van der Waals surface area contributed by atoms with Gasteiger partial charge in [0.05, 0.1) is 22.5 Å². The van der Waals surface area contributed by atoms with Crippen LogP contribution in [0.1, 0.15) is 27.7 Å². The van der Waals surface area contributed by atoms with Gasteiger partial charge in [-0.25, -0.2) is 0 Å². The van der Waals surface area contributed by atoms with E-state index in [-0.39, 0.29) is 0 Å². The minimum absolute atomic E-state index is 0.436. The fourth-order valence-electron chi connectivity index (χ4n) is 5.21. The lowest BCUT2D eigenvalue weighted by Crippen LogP contribution is -2.35.